The van der Waals surface area contributed by atoms with Crippen LogP contribution in [0.15, 0.2) is 44.3 Å². The molecule has 1 aliphatic rings. The fourth-order valence-corrected chi connectivity index (χ4v) is 6.36. The molecule has 4 rings (SSSR count). The van der Waals surface area contributed by atoms with Crippen LogP contribution >= 0.6 is 66.4 Å². The average Bonchev–Trinajstić information content (AvgIpc) is 3.27. The number of nitrogens with zero attached hydrogens (tertiary/aromatic N) is 2. The van der Waals surface area contributed by atoms with E-state index in [0.29, 0.717) is 21.4 Å². The summed E-state index contributed by atoms with van der Waals surface area (Å²) in [6, 6.07) is 11.5. The largest absolute Gasteiger partial charge is 0.487 e. The Bertz CT molecular complexity index is 1200. The Morgan fingerprint density at radius 2 is 2.03 bits per heavy atom. The molecule has 30 heavy (non-hydrogen) atoms. The fourth-order valence-electron chi connectivity index (χ4n) is 3.34. The van der Waals surface area contributed by atoms with Crippen molar-refractivity contribution in [2.75, 3.05) is 0 Å². The van der Waals surface area contributed by atoms with Crippen LogP contribution < -0.4 is 4.74 Å². The highest BCUT2D eigenvalue weighted by Crippen LogP contribution is 2.41. The second-order valence-electron chi connectivity index (χ2n) is 6.74. The average molecular weight is 585 g/mol. The van der Waals surface area contributed by atoms with Crippen LogP contribution in [0.1, 0.15) is 33.6 Å². The summed E-state index contributed by atoms with van der Waals surface area (Å²) in [5.74, 6) is 0.649. The van der Waals surface area contributed by atoms with Crippen molar-refractivity contribution in [2.45, 2.75) is 25.9 Å². The van der Waals surface area contributed by atoms with Gasteiger partial charge < -0.3 is 4.74 Å². The molecule has 0 radical (unpaired) electrons. The summed E-state index contributed by atoms with van der Waals surface area (Å²) < 4.78 is 7.77. The number of nitriles is 1. The zero-order valence-corrected chi connectivity index (χ0v) is 21.0. The van der Waals surface area contributed by atoms with Crippen LogP contribution in [0.5, 0.6) is 5.75 Å². The van der Waals surface area contributed by atoms with Gasteiger partial charge in [-0.3, -0.25) is 0 Å². The lowest BCUT2D eigenvalue weighted by molar-refractivity contribution is 0.304. The molecule has 1 heterocycles. The third-order valence-electron chi connectivity index (χ3n) is 4.76. The van der Waals surface area contributed by atoms with E-state index in [0.717, 1.165) is 44.3 Å². The standard InChI is InChI=1S/C22H14Br2Cl2N2OS/c23-14-6-13(10-28-22-17(9-27)16-2-1-3-20(16)30-22)21(18(24)7-14)29-11-12-4-5-15(25)8-19(12)26/h4-8,10H,1-3,11H2. The van der Waals surface area contributed by atoms with E-state index >= 15 is 0 Å². The molecule has 0 aliphatic heterocycles. The summed E-state index contributed by atoms with van der Waals surface area (Å²) in [6.07, 6.45) is 4.85. The van der Waals surface area contributed by atoms with Crippen molar-refractivity contribution >= 4 is 77.6 Å². The maximum Gasteiger partial charge on any atom is 0.142 e. The molecule has 0 bridgehead atoms. The van der Waals surface area contributed by atoms with Gasteiger partial charge in [-0.15, -0.1) is 11.3 Å². The van der Waals surface area contributed by atoms with E-state index in [2.05, 4.69) is 42.9 Å². The first-order chi connectivity index (χ1) is 14.5. The molecule has 2 aromatic carbocycles. The van der Waals surface area contributed by atoms with Gasteiger partial charge in [-0.05, 0) is 65.0 Å². The Labute approximate surface area is 205 Å². The molecular formula is C22H14Br2Cl2N2OS. The van der Waals surface area contributed by atoms with E-state index in [1.807, 2.05) is 18.2 Å². The van der Waals surface area contributed by atoms with E-state index in [1.54, 1.807) is 29.7 Å². The van der Waals surface area contributed by atoms with Gasteiger partial charge in [-0.2, -0.15) is 5.26 Å². The summed E-state index contributed by atoms with van der Waals surface area (Å²) in [4.78, 5) is 5.92. The smallest absolute Gasteiger partial charge is 0.142 e. The Morgan fingerprint density at radius 1 is 1.20 bits per heavy atom. The number of aliphatic imine (C=N–C) groups is 1. The zero-order valence-electron chi connectivity index (χ0n) is 15.5. The molecule has 0 amide bonds. The number of hydrogen-bond donors (Lipinski definition) is 0. The van der Waals surface area contributed by atoms with Crippen LogP contribution in [0.4, 0.5) is 5.00 Å². The Hall–Kier alpha value is -1.36. The van der Waals surface area contributed by atoms with Gasteiger partial charge in [0.1, 0.15) is 23.4 Å². The number of fused-ring (bicyclic) bond motifs is 1. The molecule has 0 N–H and O–H groups in total. The van der Waals surface area contributed by atoms with Gasteiger partial charge in [0.25, 0.3) is 0 Å². The molecule has 8 heteroatoms. The van der Waals surface area contributed by atoms with Crippen molar-refractivity contribution < 1.29 is 4.74 Å². The third kappa shape index (κ3) is 4.61. The quantitative estimate of drug-likeness (QED) is 0.283. The third-order valence-corrected chi connectivity index (χ3v) is 7.59. The van der Waals surface area contributed by atoms with Crippen LogP contribution in [0.3, 0.4) is 0 Å². The van der Waals surface area contributed by atoms with Gasteiger partial charge in [0.05, 0.1) is 10.0 Å². The highest BCUT2D eigenvalue weighted by molar-refractivity contribution is 9.11. The number of aryl methyl sites for hydroxylation is 1. The molecule has 0 unspecified atom stereocenters. The lowest BCUT2D eigenvalue weighted by Crippen LogP contribution is -2.00. The molecule has 3 nitrogen and oxygen atoms in total. The van der Waals surface area contributed by atoms with Crippen molar-refractivity contribution in [3.63, 3.8) is 0 Å². The molecule has 1 aromatic heterocycles. The summed E-state index contributed by atoms with van der Waals surface area (Å²) in [6.45, 7) is 0.286. The van der Waals surface area contributed by atoms with Gasteiger partial charge in [0, 0.05) is 36.7 Å². The minimum atomic E-state index is 0.286. The first kappa shape index (κ1) is 21.9. The number of hydrogen-bond acceptors (Lipinski definition) is 4. The fraction of sp³-hybridized carbons (Fsp3) is 0.182. The van der Waals surface area contributed by atoms with Gasteiger partial charge >= 0.3 is 0 Å². The summed E-state index contributed by atoms with van der Waals surface area (Å²) in [5.41, 5.74) is 3.49. The molecule has 3 aromatic rings. The zero-order chi connectivity index (χ0) is 21.3. The van der Waals surface area contributed by atoms with Crippen LogP contribution in [0.2, 0.25) is 10.0 Å². The molecular weight excluding hydrogens is 571 g/mol. The van der Waals surface area contributed by atoms with Crippen molar-refractivity contribution in [1.29, 1.82) is 5.26 Å². The van der Waals surface area contributed by atoms with E-state index in [9.17, 15) is 5.26 Å². The Morgan fingerprint density at radius 3 is 2.80 bits per heavy atom. The number of benzene rings is 2. The molecule has 0 spiro atoms. The van der Waals surface area contributed by atoms with Crippen LogP contribution in [-0.4, -0.2) is 6.21 Å². The van der Waals surface area contributed by atoms with Crippen LogP contribution in [0, 0.1) is 11.3 Å². The molecule has 152 valence electrons. The number of halogens is 4. The first-order valence-electron chi connectivity index (χ1n) is 9.10. The highest BCUT2D eigenvalue weighted by atomic mass is 79.9. The summed E-state index contributed by atoms with van der Waals surface area (Å²) in [5, 5.41) is 11.5. The molecule has 1 aliphatic carbocycles. The van der Waals surface area contributed by atoms with Gasteiger partial charge in [-0.1, -0.05) is 45.2 Å². The normalized spacial score (nSPS) is 12.9. The molecule has 0 saturated heterocycles. The predicted octanol–water partition coefficient (Wildman–Crippen LogP) is 8.27. The summed E-state index contributed by atoms with van der Waals surface area (Å²) in [7, 11) is 0. The predicted molar refractivity (Wildman–Crippen MR) is 131 cm³/mol. The van der Waals surface area contributed by atoms with Crippen molar-refractivity contribution in [3.05, 3.63) is 76.5 Å². The van der Waals surface area contributed by atoms with Crippen molar-refractivity contribution in [3.8, 4) is 11.8 Å². The van der Waals surface area contributed by atoms with E-state index in [-0.39, 0.29) is 6.61 Å². The van der Waals surface area contributed by atoms with E-state index in [1.165, 1.54) is 10.4 Å². The summed E-state index contributed by atoms with van der Waals surface area (Å²) >= 11 is 20.9. The first-order valence-corrected chi connectivity index (χ1v) is 12.3. The van der Waals surface area contributed by atoms with Crippen molar-refractivity contribution in [2.24, 2.45) is 4.99 Å². The van der Waals surface area contributed by atoms with E-state index in [4.69, 9.17) is 27.9 Å². The highest BCUT2D eigenvalue weighted by Gasteiger charge is 2.21. The molecule has 0 fully saturated rings. The van der Waals surface area contributed by atoms with Crippen LogP contribution in [0.25, 0.3) is 0 Å². The number of ether oxygens (including phenoxy) is 1. The van der Waals surface area contributed by atoms with Gasteiger partial charge in [0.2, 0.25) is 0 Å². The maximum atomic E-state index is 9.59. The van der Waals surface area contributed by atoms with Crippen LogP contribution in [-0.2, 0) is 19.4 Å². The van der Waals surface area contributed by atoms with Gasteiger partial charge in [-0.25, -0.2) is 4.99 Å². The Kier molecular flexibility index (Phi) is 6.86. The lowest BCUT2D eigenvalue weighted by atomic mass is 10.1. The topological polar surface area (TPSA) is 45.4 Å². The molecule has 0 atom stereocenters. The Balaban J connectivity index is 1.64. The minimum Gasteiger partial charge on any atom is -0.487 e. The molecule has 0 saturated carbocycles. The van der Waals surface area contributed by atoms with Crippen molar-refractivity contribution in [1.82, 2.24) is 0 Å². The minimum absolute atomic E-state index is 0.286. The van der Waals surface area contributed by atoms with E-state index < -0.39 is 0 Å². The SMILES string of the molecule is N#Cc1c(N=Cc2cc(Br)cc(Br)c2OCc2ccc(Cl)cc2Cl)sc2c1CCC2. The second-order valence-corrected chi connectivity index (χ2v) is 10.4. The number of rotatable bonds is 5. The lowest BCUT2D eigenvalue weighted by Gasteiger charge is -2.13. The maximum absolute atomic E-state index is 9.59. The monoisotopic (exact) mass is 582 g/mol. The number of thiophene rings is 1. The van der Waals surface area contributed by atoms with Gasteiger partial charge in [0.15, 0.2) is 0 Å². The second kappa shape index (κ2) is 9.42.